The van der Waals surface area contributed by atoms with Crippen LogP contribution >= 0.6 is 0 Å². The van der Waals surface area contributed by atoms with E-state index in [4.69, 9.17) is 18.6 Å². The normalized spacial score (nSPS) is 13.9. The van der Waals surface area contributed by atoms with E-state index >= 15 is 0 Å². The van der Waals surface area contributed by atoms with Crippen LogP contribution in [-0.4, -0.2) is 31.2 Å². The molecule has 7 nitrogen and oxygen atoms in total. The van der Waals surface area contributed by atoms with Crippen molar-refractivity contribution in [2.45, 2.75) is 26.9 Å². The summed E-state index contributed by atoms with van der Waals surface area (Å²) in [5.74, 6) is 1.23. The lowest BCUT2D eigenvalue weighted by Crippen LogP contribution is -2.30. The Bertz CT molecular complexity index is 810. The van der Waals surface area contributed by atoms with Gasteiger partial charge in [-0.25, -0.2) is 4.79 Å². The topological polar surface area (TPSA) is 87.0 Å². The number of fused-ring (bicyclic) bond motifs is 1. The second-order valence-corrected chi connectivity index (χ2v) is 5.72. The number of esters is 1. The summed E-state index contributed by atoms with van der Waals surface area (Å²) < 4.78 is 21.4. The fourth-order valence-electron chi connectivity index (χ4n) is 2.48. The second-order valence-electron chi connectivity index (χ2n) is 5.72. The number of hydrogen-bond donors (Lipinski definition) is 1. The summed E-state index contributed by atoms with van der Waals surface area (Å²) in [7, 11) is 0. The van der Waals surface area contributed by atoms with Gasteiger partial charge in [-0.05, 0) is 39.0 Å². The van der Waals surface area contributed by atoms with Crippen molar-refractivity contribution in [3.8, 4) is 11.5 Å². The van der Waals surface area contributed by atoms with E-state index in [1.165, 1.54) is 6.92 Å². The van der Waals surface area contributed by atoms with Crippen molar-refractivity contribution in [2.75, 3.05) is 18.5 Å². The van der Waals surface area contributed by atoms with E-state index in [-0.39, 0.29) is 0 Å². The lowest BCUT2D eigenvalue weighted by atomic mass is 10.2. The van der Waals surface area contributed by atoms with E-state index in [1.807, 2.05) is 0 Å². The number of benzene rings is 1. The third-order valence-corrected chi connectivity index (χ3v) is 3.72. The molecule has 1 amide bonds. The standard InChI is InChI=1S/C18H19NO6/c1-10-8-14(11(2)24-10)18(21)25-12(3)17(20)19-13-4-5-15-16(9-13)23-7-6-22-15/h4-5,8-9,12H,6-7H2,1-3H3,(H,19,20). The number of anilines is 1. The fourth-order valence-corrected chi connectivity index (χ4v) is 2.48. The third kappa shape index (κ3) is 3.76. The number of carbonyl (C=O) groups excluding carboxylic acids is 2. The lowest BCUT2D eigenvalue weighted by molar-refractivity contribution is -0.123. The molecule has 1 aliphatic rings. The van der Waals surface area contributed by atoms with Crippen LogP contribution in [-0.2, 0) is 9.53 Å². The van der Waals surface area contributed by atoms with E-state index in [2.05, 4.69) is 5.32 Å². The molecule has 0 bridgehead atoms. The van der Waals surface area contributed by atoms with Gasteiger partial charge in [0, 0.05) is 11.8 Å². The number of amides is 1. The van der Waals surface area contributed by atoms with Crippen molar-refractivity contribution in [1.82, 2.24) is 0 Å². The Morgan fingerprint density at radius 1 is 1.12 bits per heavy atom. The van der Waals surface area contributed by atoms with Gasteiger partial charge in [0.05, 0.1) is 0 Å². The van der Waals surface area contributed by atoms with Gasteiger partial charge in [-0.3, -0.25) is 4.79 Å². The van der Waals surface area contributed by atoms with E-state index in [9.17, 15) is 9.59 Å². The monoisotopic (exact) mass is 345 g/mol. The highest BCUT2D eigenvalue weighted by Gasteiger charge is 2.22. The number of rotatable bonds is 4. The van der Waals surface area contributed by atoms with Crippen molar-refractivity contribution >= 4 is 17.6 Å². The molecule has 1 aliphatic heterocycles. The molecule has 3 rings (SSSR count). The van der Waals surface area contributed by atoms with Gasteiger partial charge < -0.3 is 23.9 Å². The molecule has 132 valence electrons. The highest BCUT2D eigenvalue weighted by Crippen LogP contribution is 2.32. The van der Waals surface area contributed by atoms with E-state index in [1.54, 1.807) is 38.1 Å². The molecule has 2 aromatic rings. The van der Waals surface area contributed by atoms with Gasteiger partial charge >= 0.3 is 5.97 Å². The zero-order chi connectivity index (χ0) is 18.0. The summed E-state index contributed by atoms with van der Waals surface area (Å²) in [4.78, 5) is 24.4. The van der Waals surface area contributed by atoms with Crippen LogP contribution in [0, 0.1) is 13.8 Å². The molecule has 25 heavy (non-hydrogen) atoms. The van der Waals surface area contributed by atoms with E-state index < -0.39 is 18.0 Å². The van der Waals surface area contributed by atoms with Crippen molar-refractivity contribution < 1.29 is 28.2 Å². The minimum Gasteiger partial charge on any atom is -0.486 e. The minimum atomic E-state index is -0.963. The largest absolute Gasteiger partial charge is 0.486 e. The Morgan fingerprint density at radius 2 is 1.84 bits per heavy atom. The van der Waals surface area contributed by atoms with Crippen LogP contribution in [0.25, 0.3) is 0 Å². The summed E-state index contributed by atoms with van der Waals surface area (Å²) in [5, 5.41) is 2.69. The van der Waals surface area contributed by atoms with Crippen LogP contribution < -0.4 is 14.8 Å². The quantitative estimate of drug-likeness (QED) is 0.858. The lowest BCUT2D eigenvalue weighted by Gasteiger charge is -2.19. The molecule has 1 aromatic carbocycles. The molecule has 0 radical (unpaired) electrons. The highest BCUT2D eigenvalue weighted by atomic mass is 16.6. The molecule has 0 spiro atoms. The van der Waals surface area contributed by atoms with E-state index in [0.717, 1.165) is 0 Å². The van der Waals surface area contributed by atoms with Crippen molar-refractivity contribution in [3.05, 3.63) is 41.3 Å². The fraction of sp³-hybridized carbons (Fsp3) is 0.333. The molecule has 0 saturated heterocycles. The van der Waals surface area contributed by atoms with Crippen LogP contribution in [0.2, 0.25) is 0 Å². The Balaban J connectivity index is 1.62. The van der Waals surface area contributed by atoms with E-state index in [0.29, 0.717) is 47.5 Å². The molecule has 1 unspecified atom stereocenters. The van der Waals surface area contributed by atoms with Gasteiger partial charge in [0.1, 0.15) is 30.3 Å². The van der Waals surface area contributed by atoms with Gasteiger partial charge in [0.2, 0.25) is 0 Å². The number of nitrogens with one attached hydrogen (secondary N) is 1. The third-order valence-electron chi connectivity index (χ3n) is 3.72. The predicted molar refractivity (Wildman–Crippen MR) is 89.1 cm³/mol. The number of carbonyl (C=O) groups is 2. The number of ether oxygens (including phenoxy) is 3. The maximum atomic E-state index is 12.3. The van der Waals surface area contributed by atoms with Crippen LogP contribution in [0.15, 0.2) is 28.7 Å². The first-order valence-electron chi connectivity index (χ1n) is 7.92. The molecule has 0 aliphatic carbocycles. The summed E-state index contributed by atoms with van der Waals surface area (Å²) in [5.41, 5.74) is 0.851. The average molecular weight is 345 g/mol. The minimum absolute atomic E-state index is 0.316. The molecule has 0 saturated carbocycles. The zero-order valence-corrected chi connectivity index (χ0v) is 14.3. The number of hydrogen-bond acceptors (Lipinski definition) is 6. The van der Waals surface area contributed by atoms with Gasteiger partial charge in [-0.15, -0.1) is 0 Å². The number of furan rings is 1. The highest BCUT2D eigenvalue weighted by molar-refractivity contribution is 5.97. The molecular weight excluding hydrogens is 326 g/mol. The SMILES string of the molecule is Cc1cc(C(=O)OC(C)C(=O)Nc2ccc3c(c2)OCCO3)c(C)o1. The first kappa shape index (κ1) is 16.9. The molecular formula is C18H19NO6. The Labute approximate surface area is 144 Å². The molecule has 1 N–H and O–H groups in total. The average Bonchev–Trinajstić information content (AvgIpc) is 2.93. The predicted octanol–water partition coefficient (Wildman–Crippen LogP) is 2.85. The molecule has 1 aromatic heterocycles. The Morgan fingerprint density at radius 3 is 2.52 bits per heavy atom. The summed E-state index contributed by atoms with van der Waals surface area (Å²) in [6.45, 7) is 5.87. The molecule has 2 heterocycles. The smallest absolute Gasteiger partial charge is 0.342 e. The summed E-state index contributed by atoms with van der Waals surface area (Å²) in [6.07, 6.45) is -0.963. The summed E-state index contributed by atoms with van der Waals surface area (Å²) in [6, 6.07) is 6.68. The molecule has 1 atom stereocenters. The van der Waals surface area contributed by atoms with Gasteiger partial charge in [-0.1, -0.05) is 0 Å². The van der Waals surface area contributed by atoms with Crippen LogP contribution in [0.3, 0.4) is 0 Å². The zero-order valence-electron chi connectivity index (χ0n) is 14.3. The summed E-state index contributed by atoms with van der Waals surface area (Å²) >= 11 is 0. The van der Waals surface area contributed by atoms with Gasteiger partial charge in [0.15, 0.2) is 17.6 Å². The van der Waals surface area contributed by atoms with Crippen LogP contribution in [0.1, 0.15) is 28.8 Å². The molecule has 7 heteroatoms. The van der Waals surface area contributed by atoms with Crippen LogP contribution in [0.4, 0.5) is 5.69 Å². The first-order chi connectivity index (χ1) is 11.9. The van der Waals surface area contributed by atoms with Crippen molar-refractivity contribution in [2.24, 2.45) is 0 Å². The van der Waals surface area contributed by atoms with Crippen LogP contribution in [0.5, 0.6) is 11.5 Å². The Hall–Kier alpha value is -2.96. The maximum absolute atomic E-state index is 12.3. The van der Waals surface area contributed by atoms with Crippen molar-refractivity contribution in [3.63, 3.8) is 0 Å². The van der Waals surface area contributed by atoms with Gasteiger partial charge in [-0.2, -0.15) is 0 Å². The van der Waals surface area contributed by atoms with Gasteiger partial charge in [0.25, 0.3) is 5.91 Å². The maximum Gasteiger partial charge on any atom is 0.342 e. The Kier molecular flexibility index (Phi) is 4.65. The first-order valence-corrected chi connectivity index (χ1v) is 7.92. The second kappa shape index (κ2) is 6.88. The number of aryl methyl sites for hydroxylation is 2. The molecule has 0 fully saturated rings. The van der Waals surface area contributed by atoms with Crippen molar-refractivity contribution in [1.29, 1.82) is 0 Å².